The summed E-state index contributed by atoms with van der Waals surface area (Å²) in [5, 5.41) is 10.1. The smallest absolute Gasteiger partial charge is 0.245 e. The number of hydrogen-bond donors (Lipinski definition) is 2. The summed E-state index contributed by atoms with van der Waals surface area (Å²) < 4.78 is 0. The van der Waals surface area contributed by atoms with Gasteiger partial charge in [0.15, 0.2) is 0 Å². The molecule has 0 aliphatic carbocycles. The van der Waals surface area contributed by atoms with E-state index in [-0.39, 0.29) is 37.2 Å². The van der Waals surface area contributed by atoms with Crippen molar-refractivity contribution in [1.82, 2.24) is 15.3 Å². The fraction of sp³-hybridized carbons (Fsp3) is 0.500. The first kappa shape index (κ1) is 18.0. The van der Waals surface area contributed by atoms with Crippen LogP contribution in [0.25, 0.3) is 0 Å². The van der Waals surface area contributed by atoms with Gasteiger partial charge in [-0.15, -0.1) is 0 Å². The van der Waals surface area contributed by atoms with Crippen molar-refractivity contribution in [3.8, 4) is 0 Å². The Bertz CT molecular complexity index is 778. The number of aliphatic hydroxyl groups is 1. The number of nitrogens with zero attached hydrogens (tertiary/aromatic N) is 2. The molecule has 1 saturated heterocycles. The Labute approximate surface area is 158 Å². The second kappa shape index (κ2) is 7.32. The Morgan fingerprint density at radius 2 is 2.07 bits per heavy atom. The zero-order valence-electron chi connectivity index (χ0n) is 15.4. The normalized spacial score (nSPS) is 27.2. The zero-order chi connectivity index (χ0) is 19.0. The highest BCUT2D eigenvalue weighted by Crippen LogP contribution is 2.26. The maximum Gasteiger partial charge on any atom is 0.245 e. The minimum Gasteiger partial charge on any atom is -0.412 e. The van der Waals surface area contributed by atoms with Crippen LogP contribution in [0.5, 0.6) is 0 Å². The molecular formula is C20H25N3O4. The van der Waals surface area contributed by atoms with Crippen molar-refractivity contribution in [3.05, 3.63) is 47.2 Å². The third-order valence-electron chi connectivity index (χ3n) is 5.46. The molecule has 3 atom stereocenters. The molecule has 0 bridgehead atoms. The number of benzene rings is 1. The van der Waals surface area contributed by atoms with Gasteiger partial charge < -0.3 is 19.7 Å². The highest BCUT2D eigenvalue weighted by molar-refractivity contribution is 5.89. The van der Waals surface area contributed by atoms with Gasteiger partial charge in [0, 0.05) is 26.1 Å². The minimum absolute atomic E-state index is 0.0582. The lowest BCUT2D eigenvalue weighted by Gasteiger charge is -2.33. The van der Waals surface area contributed by atoms with Gasteiger partial charge in [-0.2, -0.15) is 5.48 Å². The molecule has 0 aromatic heterocycles. The highest BCUT2D eigenvalue weighted by atomic mass is 16.7. The van der Waals surface area contributed by atoms with Gasteiger partial charge in [0.05, 0.1) is 18.6 Å². The number of hydroxylamine groups is 1. The summed E-state index contributed by atoms with van der Waals surface area (Å²) in [7, 11) is 0. The van der Waals surface area contributed by atoms with Gasteiger partial charge in [-0.3, -0.25) is 9.59 Å². The van der Waals surface area contributed by atoms with Crippen LogP contribution < -0.4 is 5.48 Å². The van der Waals surface area contributed by atoms with Crippen LogP contribution in [0.1, 0.15) is 30.9 Å². The fourth-order valence-electron chi connectivity index (χ4n) is 4.08. The number of amides is 2. The molecule has 7 heteroatoms. The van der Waals surface area contributed by atoms with Crippen LogP contribution in [0.4, 0.5) is 0 Å². The van der Waals surface area contributed by atoms with Crippen LogP contribution in [-0.2, 0) is 27.4 Å². The summed E-state index contributed by atoms with van der Waals surface area (Å²) in [5.74, 6) is 0.290. The molecular weight excluding hydrogens is 346 g/mol. The van der Waals surface area contributed by atoms with Crippen molar-refractivity contribution in [3.63, 3.8) is 0 Å². The largest absolute Gasteiger partial charge is 0.412 e. The van der Waals surface area contributed by atoms with E-state index in [4.69, 9.17) is 4.84 Å². The van der Waals surface area contributed by atoms with Crippen LogP contribution in [0.2, 0.25) is 0 Å². The topological polar surface area (TPSA) is 82.1 Å². The first-order chi connectivity index (χ1) is 13.0. The maximum atomic E-state index is 13.1. The van der Waals surface area contributed by atoms with Crippen LogP contribution in [0.3, 0.4) is 0 Å². The van der Waals surface area contributed by atoms with Gasteiger partial charge in [-0.1, -0.05) is 24.3 Å². The second-order valence-corrected chi connectivity index (χ2v) is 7.55. The Balaban J connectivity index is 1.45. The summed E-state index contributed by atoms with van der Waals surface area (Å²) in [6, 6.07) is 7.58. The molecule has 0 saturated carbocycles. The van der Waals surface area contributed by atoms with Gasteiger partial charge >= 0.3 is 0 Å². The number of nitrogens with one attached hydrogen (secondary N) is 1. The van der Waals surface area contributed by atoms with Crippen LogP contribution in [0.15, 0.2) is 36.1 Å². The summed E-state index contributed by atoms with van der Waals surface area (Å²) >= 11 is 0. The molecule has 4 rings (SSSR count). The lowest BCUT2D eigenvalue weighted by atomic mass is 9.99. The Kier molecular flexibility index (Phi) is 4.88. The van der Waals surface area contributed by atoms with Crippen molar-refractivity contribution in [1.29, 1.82) is 0 Å². The molecule has 1 aromatic carbocycles. The molecule has 3 aliphatic heterocycles. The average Bonchev–Trinajstić information content (AvgIpc) is 3.26. The lowest BCUT2D eigenvalue weighted by Crippen LogP contribution is -2.49. The number of aliphatic hydroxyl groups excluding tert-OH is 1. The SMILES string of the molecule is CC1C=C(CC(=O)N2CC(O)CC2C(=O)N2CCc3ccccc3C2)ON1. The van der Waals surface area contributed by atoms with E-state index < -0.39 is 12.1 Å². The molecule has 2 N–H and O–H groups in total. The van der Waals surface area contributed by atoms with Gasteiger partial charge in [0.25, 0.3) is 0 Å². The fourth-order valence-corrected chi connectivity index (χ4v) is 4.08. The molecule has 7 nitrogen and oxygen atoms in total. The molecule has 27 heavy (non-hydrogen) atoms. The molecule has 1 aromatic rings. The van der Waals surface area contributed by atoms with Gasteiger partial charge in [-0.05, 0) is 30.5 Å². The second-order valence-electron chi connectivity index (χ2n) is 7.55. The first-order valence-corrected chi connectivity index (χ1v) is 9.47. The van der Waals surface area contributed by atoms with Gasteiger partial charge in [-0.25, -0.2) is 0 Å². The van der Waals surface area contributed by atoms with Crippen molar-refractivity contribution >= 4 is 11.8 Å². The third-order valence-corrected chi connectivity index (χ3v) is 5.46. The molecule has 3 heterocycles. The molecule has 144 valence electrons. The van der Waals surface area contributed by atoms with Crippen LogP contribution in [0, 0.1) is 0 Å². The van der Waals surface area contributed by atoms with E-state index in [1.807, 2.05) is 31.2 Å². The minimum atomic E-state index is -0.671. The predicted octanol–water partition coefficient (Wildman–Crippen LogP) is 0.730. The zero-order valence-corrected chi connectivity index (χ0v) is 15.4. The van der Waals surface area contributed by atoms with Crippen molar-refractivity contribution in [2.75, 3.05) is 13.1 Å². The summed E-state index contributed by atoms with van der Waals surface area (Å²) in [6.07, 6.45) is 2.38. The molecule has 3 aliphatic rings. The number of fused-ring (bicyclic) bond motifs is 1. The third kappa shape index (κ3) is 3.70. The van der Waals surface area contributed by atoms with E-state index in [9.17, 15) is 14.7 Å². The highest BCUT2D eigenvalue weighted by Gasteiger charge is 2.41. The quantitative estimate of drug-likeness (QED) is 0.819. The van der Waals surface area contributed by atoms with E-state index in [2.05, 4.69) is 11.5 Å². The molecule has 2 amide bonds. The van der Waals surface area contributed by atoms with E-state index in [1.54, 1.807) is 4.90 Å². The number of rotatable bonds is 3. The van der Waals surface area contributed by atoms with Crippen LogP contribution in [-0.4, -0.2) is 58.0 Å². The monoisotopic (exact) mass is 371 g/mol. The van der Waals surface area contributed by atoms with E-state index in [1.165, 1.54) is 10.5 Å². The summed E-state index contributed by atoms with van der Waals surface area (Å²) in [5.41, 5.74) is 5.20. The van der Waals surface area contributed by atoms with E-state index in [0.29, 0.717) is 18.8 Å². The van der Waals surface area contributed by atoms with E-state index >= 15 is 0 Å². The number of β-amino-alcohol motifs (C(OH)–C–C–N with tert-alkyl or cyclic N) is 1. The van der Waals surface area contributed by atoms with Crippen molar-refractivity contribution in [2.45, 2.75) is 50.9 Å². The number of carbonyl (C=O) groups excluding carboxylic acids is 2. The number of likely N-dealkylation sites (tertiary alicyclic amines) is 1. The molecule has 1 fully saturated rings. The van der Waals surface area contributed by atoms with E-state index in [0.717, 1.165) is 12.0 Å². The average molecular weight is 371 g/mol. The molecule has 0 radical (unpaired) electrons. The number of hydrogen-bond acceptors (Lipinski definition) is 5. The Morgan fingerprint density at radius 1 is 1.30 bits per heavy atom. The number of carbonyl (C=O) groups is 2. The van der Waals surface area contributed by atoms with Crippen molar-refractivity contribution < 1.29 is 19.5 Å². The first-order valence-electron chi connectivity index (χ1n) is 9.47. The van der Waals surface area contributed by atoms with Crippen LogP contribution >= 0.6 is 0 Å². The summed E-state index contributed by atoms with van der Waals surface area (Å²) in [6.45, 7) is 3.31. The van der Waals surface area contributed by atoms with Gasteiger partial charge in [0.2, 0.25) is 11.8 Å². The maximum absolute atomic E-state index is 13.1. The Hall–Kier alpha value is -2.38. The summed E-state index contributed by atoms with van der Waals surface area (Å²) in [4.78, 5) is 34.5. The molecule has 3 unspecified atom stereocenters. The standard InChI is InChI=1S/C20H25N3O4/c1-13-8-17(27-21-13)10-19(25)23-12-16(24)9-18(23)20(26)22-7-6-14-4-2-3-5-15(14)11-22/h2-5,8,13,16,18,21,24H,6-7,9-12H2,1H3. The molecule has 0 spiro atoms. The van der Waals surface area contributed by atoms with Gasteiger partial charge in [0.1, 0.15) is 11.8 Å². The Morgan fingerprint density at radius 3 is 2.81 bits per heavy atom. The van der Waals surface area contributed by atoms with Crippen molar-refractivity contribution in [2.24, 2.45) is 0 Å². The lowest BCUT2D eigenvalue weighted by molar-refractivity contribution is -0.144. The predicted molar refractivity (Wildman–Crippen MR) is 98.1 cm³/mol.